The number of nitrogens with zero attached hydrogens (tertiary/aromatic N) is 2. The molecule has 0 spiro atoms. The van der Waals surface area contributed by atoms with Crippen LogP contribution in [0.25, 0.3) is 60.3 Å². The quantitative estimate of drug-likeness (QED) is 0.207. The van der Waals surface area contributed by atoms with E-state index in [0.29, 0.717) is 0 Å². The lowest BCUT2D eigenvalue weighted by molar-refractivity contribution is -0.659. The highest BCUT2D eigenvalue weighted by Crippen LogP contribution is 2.40. The highest BCUT2D eigenvalue weighted by atomic mass is 15.0. The minimum Gasteiger partial charge on any atom is -0.309 e. The van der Waals surface area contributed by atoms with Gasteiger partial charge in [0, 0.05) is 22.2 Å². The Kier molecular flexibility index (Phi) is 5.18. The molecule has 7 aromatic rings. The lowest BCUT2D eigenvalue weighted by Gasteiger charge is -2.24. The van der Waals surface area contributed by atoms with E-state index in [0.717, 1.165) is 0 Å². The van der Waals surface area contributed by atoms with Gasteiger partial charge in [-0.1, -0.05) is 87.5 Å². The van der Waals surface area contributed by atoms with Gasteiger partial charge in [-0.2, -0.15) is 0 Å². The summed E-state index contributed by atoms with van der Waals surface area (Å²) in [6, 6.07) is 37.8. The highest BCUT2D eigenvalue weighted by molar-refractivity contribution is 6.11. The van der Waals surface area contributed by atoms with Crippen molar-refractivity contribution in [2.45, 2.75) is 33.1 Å². The summed E-state index contributed by atoms with van der Waals surface area (Å²) in [6.07, 6.45) is 2.22. The van der Waals surface area contributed by atoms with E-state index in [4.69, 9.17) is 0 Å². The van der Waals surface area contributed by atoms with Crippen LogP contribution in [0.1, 0.15) is 31.9 Å². The molecule has 0 unspecified atom stereocenters. The molecule has 39 heavy (non-hydrogen) atoms. The predicted molar refractivity (Wildman–Crippen MR) is 166 cm³/mol. The van der Waals surface area contributed by atoms with E-state index in [1.807, 2.05) is 0 Å². The monoisotopic (exact) mass is 505 g/mol. The zero-order valence-corrected chi connectivity index (χ0v) is 23.3. The van der Waals surface area contributed by atoms with Gasteiger partial charge in [0.25, 0.3) is 0 Å². The SMILES string of the molecule is Cc1c(-c2c3cccc(-n4c5ccccc5c5ccccc54)c3cc[n+]2C)cc(C(C)(C)C)c2ccccc12. The summed E-state index contributed by atoms with van der Waals surface area (Å²) in [5, 5.41) is 7.76. The Morgan fingerprint density at radius 2 is 1.15 bits per heavy atom. The Morgan fingerprint density at radius 1 is 0.590 bits per heavy atom. The number of fused-ring (bicyclic) bond motifs is 5. The standard InChI is InChI=1S/C37H33N2/c1-24-25-13-6-7-14-26(25)32(37(2,3)4)23-31(24)36-30-17-12-20-35(29(30)21-22-38(36)5)39-33-18-10-8-15-27(33)28-16-9-11-19-34(28)39/h6-23H,1-5H3/q+1. The maximum Gasteiger partial charge on any atom is 0.220 e. The Labute approximate surface area is 229 Å². The molecule has 0 aliphatic rings. The summed E-state index contributed by atoms with van der Waals surface area (Å²) in [7, 11) is 2.17. The second-order valence-electron chi connectivity index (χ2n) is 11.8. The second-order valence-corrected chi connectivity index (χ2v) is 11.8. The van der Waals surface area contributed by atoms with Crippen LogP contribution in [0.4, 0.5) is 0 Å². The maximum atomic E-state index is 2.44. The molecule has 2 heteroatoms. The smallest absolute Gasteiger partial charge is 0.220 e. The fourth-order valence-electron chi connectivity index (χ4n) is 6.48. The summed E-state index contributed by atoms with van der Waals surface area (Å²) in [6.45, 7) is 9.23. The minimum absolute atomic E-state index is 0.0271. The summed E-state index contributed by atoms with van der Waals surface area (Å²) >= 11 is 0. The molecule has 7 rings (SSSR count). The van der Waals surface area contributed by atoms with Crippen molar-refractivity contribution in [2.24, 2.45) is 7.05 Å². The van der Waals surface area contributed by atoms with E-state index in [-0.39, 0.29) is 5.41 Å². The first-order valence-corrected chi connectivity index (χ1v) is 13.8. The third-order valence-electron chi connectivity index (χ3n) is 8.35. The van der Waals surface area contributed by atoms with Gasteiger partial charge in [-0.25, -0.2) is 4.57 Å². The fraction of sp³-hybridized carbons (Fsp3) is 0.162. The zero-order valence-electron chi connectivity index (χ0n) is 23.3. The molecule has 0 atom stereocenters. The molecule has 0 fully saturated rings. The number of rotatable bonds is 2. The van der Waals surface area contributed by atoms with E-state index in [1.165, 1.54) is 71.4 Å². The van der Waals surface area contributed by atoms with Crippen LogP contribution in [0.2, 0.25) is 0 Å². The molecular formula is C37H33N2+. The van der Waals surface area contributed by atoms with Crippen LogP contribution in [0.3, 0.4) is 0 Å². The molecule has 5 aromatic carbocycles. The minimum atomic E-state index is 0.0271. The largest absolute Gasteiger partial charge is 0.309 e. The fourth-order valence-corrected chi connectivity index (χ4v) is 6.48. The summed E-state index contributed by atoms with van der Waals surface area (Å²) < 4.78 is 4.73. The van der Waals surface area contributed by atoms with Gasteiger partial charge in [0.15, 0.2) is 6.20 Å². The van der Waals surface area contributed by atoms with Gasteiger partial charge in [0.2, 0.25) is 5.69 Å². The van der Waals surface area contributed by atoms with Gasteiger partial charge in [0.1, 0.15) is 7.05 Å². The number of hydrogen-bond donors (Lipinski definition) is 0. The molecule has 0 aliphatic carbocycles. The van der Waals surface area contributed by atoms with Crippen molar-refractivity contribution in [2.75, 3.05) is 0 Å². The van der Waals surface area contributed by atoms with Crippen LogP contribution in [0, 0.1) is 6.92 Å². The molecule has 0 radical (unpaired) electrons. The molecule has 0 aliphatic heterocycles. The average Bonchev–Trinajstić information content (AvgIpc) is 3.27. The number of hydrogen-bond acceptors (Lipinski definition) is 0. The van der Waals surface area contributed by atoms with Crippen molar-refractivity contribution in [1.29, 1.82) is 0 Å². The number of benzene rings is 5. The first-order chi connectivity index (χ1) is 18.8. The summed E-state index contributed by atoms with van der Waals surface area (Å²) in [5.41, 5.74) is 8.96. The first kappa shape index (κ1) is 23.7. The van der Waals surface area contributed by atoms with Crippen LogP contribution in [0.5, 0.6) is 0 Å². The molecule has 0 saturated heterocycles. The van der Waals surface area contributed by atoms with Crippen LogP contribution in [-0.4, -0.2) is 4.57 Å². The molecular weight excluding hydrogens is 472 g/mol. The van der Waals surface area contributed by atoms with E-state index >= 15 is 0 Å². The summed E-state index contributed by atoms with van der Waals surface area (Å²) in [4.78, 5) is 0. The molecule has 0 N–H and O–H groups in total. The maximum absolute atomic E-state index is 2.44. The normalized spacial score (nSPS) is 12.2. The molecule has 0 bridgehead atoms. The Morgan fingerprint density at radius 3 is 1.79 bits per heavy atom. The van der Waals surface area contributed by atoms with Crippen molar-refractivity contribution in [3.63, 3.8) is 0 Å². The Balaban J connectivity index is 1.59. The van der Waals surface area contributed by atoms with Gasteiger partial charge < -0.3 is 4.57 Å². The third kappa shape index (κ3) is 3.51. The third-order valence-corrected chi connectivity index (χ3v) is 8.35. The van der Waals surface area contributed by atoms with Crippen molar-refractivity contribution in [1.82, 2.24) is 4.57 Å². The summed E-state index contributed by atoms with van der Waals surface area (Å²) in [5.74, 6) is 0. The lowest BCUT2D eigenvalue weighted by atomic mass is 9.80. The van der Waals surface area contributed by atoms with E-state index in [1.54, 1.807) is 0 Å². The van der Waals surface area contributed by atoms with Crippen molar-refractivity contribution in [3.05, 3.63) is 120 Å². The Hall–Kier alpha value is -4.43. The van der Waals surface area contributed by atoms with Gasteiger partial charge in [0.05, 0.1) is 27.7 Å². The predicted octanol–water partition coefficient (Wildman–Crippen LogP) is 9.19. The number of para-hydroxylation sites is 2. The number of aryl methyl sites for hydroxylation is 2. The molecule has 2 heterocycles. The topological polar surface area (TPSA) is 8.81 Å². The van der Waals surface area contributed by atoms with Gasteiger partial charge in [-0.05, 0) is 64.6 Å². The van der Waals surface area contributed by atoms with Crippen LogP contribution in [0.15, 0.2) is 109 Å². The van der Waals surface area contributed by atoms with E-state index in [2.05, 4.69) is 153 Å². The van der Waals surface area contributed by atoms with Crippen LogP contribution < -0.4 is 4.57 Å². The molecule has 0 saturated carbocycles. The second kappa shape index (κ2) is 8.54. The van der Waals surface area contributed by atoms with Crippen molar-refractivity contribution >= 4 is 43.4 Å². The van der Waals surface area contributed by atoms with E-state index < -0.39 is 0 Å². The molecule has 190 valence electrons. The zero-order chi connectivity index (χ0) is 26.9. The number of pyridine rings is 1. The van der Waals surface area contributed by atoms with E-state index in [9.17, 15) is 0 Å². The van der Waals surface area contributed by atoms with Gasteiger partial charge in [-0.15, -0.1) is 0 Å². The lowest BCUT2D eigenvalue weighted by Crippen LogP contribution is -2.31. The van der Waals surface area contributed by atoms with Crippen molar-refractivity contribution < 1.29 is 4.57 Å². The molecule has 2 nitrogen and oxygen atoms in total. The van der Waals surface area contributed by atoms with Gasteiger partial charge in [-0.3, -0.25) is 0 Å². The number of aromatic nitrogens is 2. The molecule has 0 amide bonds. The Bertz CT molecular complexity index is 2020. The van der Waals surface area contributed by atoms with Crippen LogP contribution >= 0.6 is 0 Å². The van der Waals surface area contributed by atoms with Crippen molar-refractivity contribution in [3.8, 4) is 16.9 Å². The van der Waals surface area contributed by atoms with Gasteiger partial charge >= 0.3 is 0 Å². The van der Waals surface area contributed by atoms with Crippen LogP contribution in [-0.2, 0) is 12.5 Å². The molecule has 2 aromatic heterocycles. The first-order valence-electron chi connectivity index (χ1n) is 13.8. The highest BCUT2D eigenvalue weighted by Gasteiger charge is 2.25. The average molecular weight is 506 g/mol.